The third kappa shape index (κ3) is 6.06. The van der Waals surface area contributed by atoms with Crippen molar-refractivity contribution >= 4 is 29.3 Å². The Bertz CT molecular complexity index is 544. The first kappa shape index (κ1) is 18.3. The molecule has 1 saturated carbocycles. The second-order valence-corrected chi connectivity index (χ2v) is 8.07. The molecule has 6 nitrogen and oxygen atoms in total. The van der Waals surface area contributed by atoms with Crippen LogP contribution >= 0.6 is 11.8 Å². The first-order chi connectivity index (χ1) is 12.3. The number of rotatable bonds is 7. The van der Waals surface area contributed by atoms with Crippen molar-refractivity contribution in [3.8, 4) is 0 Å². The summed E-state index contributed by atoms with van der Waals surface area (Å²) >= 11 is 1.99. The van der Waals surface area contributed by atoms with Gasteiger partial charge in [-0.05, 0) is 18.8 Å². The van der Waals surface area contributed by atoms with E-state index in [1.807, 2.05) is 17.8 Å². The lowest BCUT2D eigenvalue weighted by atomic mass is 9.87. The van der Waals surface area contributed by atoms with E-state index in [-0.39, 0.29) is 5.91 Å². The molecule has 0 unspecified atom stereocenters. The van der Waals surface area contributed by atoms with Crippen LogP contribution in [-0.2, 0) is 4.79 Å². The second kappa shape index (κ2) is 9.85. The molecule has 1 aliphatic carbocycles. The molecule has 2 aliphatic rings. The van der Waals surface area contributed by atoms with Crippen molar-refractivity contribution in [2.45, 2.75) is 38.5 Å². The monoisotopic (exact) mass is 363 g/mol. The lowest BCUT2D eigenvalue weighted by molar-refractivity contribution is -0.122. The lowest BCUT2D eigenvalue weighted by Gasteiger charge is -2.27. The fraction of sp³-hybridized carbons (Fsp3) is 0.722. The van der Waals surface area contributed by atoms with Crippen LogP contribution in [0.25, 0.3) is 0 Å². The summed E-state index contributed by atoms with van der Waals surface area (Å²) in [4.78, 5) is 23.0. The molecule has 0 aromatic carbocycles. The van der Waals surface area contributed by atoms with Gasteiger partial charge in [-0.1, -0.05) is 19.3 Å². The van der Waals surface area contributed by atoms with Gasteiger partial charge in [-0.3, -0.25) is 4.79 Å². The highest BCUT2D eigenvalue weighted by molar-refractivity contribution is 7.99. The van der Waals surface area contributed by atoms with Gasteiger partial charge < -0.3 is 15.5 Å². The molecule has 0 spiro atoms. The number of hydrogen-bond acceptors (Lipinski definition) is 6. The van der Waals surface area contributed by atoms with E-state index in [0.717, 1.165) is 36.2 Å². The second-order valence-electron chi connectivity index (χ2n) is 6.85. The van der Waals surface area contributed by atoms with E-state index in [0.29, 0.717) is 25.4 Å². The summed E-state index contributed by atoms with van der Waals surface area (Å²) in [6.07, 6.45) is 8.62. The number of nitrogens with zero attached hydrogens (tertiary/aromatic N) is 3. The largest absolute Gasteiger partial charge is 0.368 e. The van der Waals surface area contributed by atoms with Crippen LogP contribution in [0, 0.1) is 5.92 Å². The fourth-order valence-corrected chi connectivity index (χ4v) is 4.43. The molecule has 0 atom stereocenters. The maximum absolute atomic E-state index is 12.0. The van der Waals surface area contributed by atoms with Crippen molar-refractivity contribution in [3.63, 3.8) is 0 Å². The standard InChI is InChI=1S/C18H29N5OS/c24-18(12-15-4-2-1-3-5-15)20-7-6-19-16-13-17(22-14-21-16)23-8-10-25-11-9-23/h13-15H,1-12H2,(H,20,24)(H,19,21,22). The van der Waals surface area contributed by atoms with Gasteiger partial charge in [0.2, 0.25) is 5.91 Å². The Morgan fingerprint density at radius 1 is 1.16 bits per heavy atom. The highest BCUT2D eigenvalue weighted by atomic mass is 32.2. The van der Waals surface area contributed by atoms with Crippen LogP contribution in [0.4, 0.5) is 11.6 Å². The maximum atomic E-state index is 12.0. The normalized spacial score (nSPS) is 18.8. The Labute approximate surface area is 154 Å². The molecule has 1 aliphatic heterocycles. The van der Waals surface area contributed by atoms with E-state index < -0.39 is 0 Å². The minimum absolute atomic E-state index is 0.183. The van der Waals surface area contributed by atoms with E-state index in [1.165, 1.54) is 32.1 Å². The SMILES string of the molecule is O=C(CC1CCCCC1)NCCNc1cc(N2CCSCC2)ncn1. The summed E-state index contributed by atoms with van der Waals surface area (Å²) in [6.45, 7) is 3.39. The van der Waals surface area contributed by atoms with E-state index in [2.05, 4.69) is 25.5 Å². The molecular formula is C18H29N5OS. The van der Waals surface area contributed by atoms with E-state index >= 15 is 0 Å². The molecular weight excluding hydrogens is 334 g/mol. The Balaban J connectivity index is 1.36. The zero-order valence-corrected chi connectivity index (χ0v) is 15.7. The topological polar surface area (TPSA) is 70.2 Å². The molecule has 138 valence electrons. The zero-order valence-electron chi connectivity index (χ0n) is 14.9. The van der Waals surface area contributed by atoms with Gasteiger partial charge in [0.15, 0.2) is 0 Å². The predicted octanol–water partition coefficient (Wildman–Crippen LogP) is 2.53. The first-order valence-corrected chi connectivity index (χ1v) is 10.6. The molecule has 25 heavy (non-hydrogen) atoms. The molecule has 2 N–H and O–H groups in total. The van der Waals surface area contributed by atoms with Crippen LogP contribution in [0.2, 0.25) is 0 Å². The number of anilines is 2. The third-order valence-corrected chi connectivity index (χ3v) is 5.88. The van der Waals surface area contributed by atoms with Gasteiger partial charge >= 0.3 is 0 Å². The molecule has 1 saturated heterocycles. The summed E-state index contributed by atoms with van der Waals surface area (Å²) in [6, 6.07) is 2.00. The smallest absolute Gasteiger partial charge is 0.220 e. The van der Waals surface area contributed by atoms with E-state index in [9.17, 15) is 4.79 Å². The first-order valence-electron chi connectivity index (χ1n) is 9.46. The van der Waals surface area contributed by atoms with Crippen LogP contribution in [0.1, 0.15) is 38.5 Å². The van der Waals surface area contributed by atoms with Crippen molar-refractivity contribution in [3.05, 3.63) is 12.4 Å². The number of hydrogen-bond donors (Lipinski definition) is 2. The van der Waals surface area contributed by atoms with Crippen LogP contribution in [0.15, 0.2) is 12.4 Å². The predicted molar refractivity (Wildman–Crippen MR) is 104 cm³/mol. The van der Waals surface area contributed by atoms with Gasteiger partial charge in [-0.15, -0.1) is 0 Å². The highest BCUT2D eigenvalue weighted by Gasteiger charge is 2.16. The average Bonchev–Trinajstić information content (AvgIpc) is 2.67. The van der Waals surface area contributed by atoms with Gasteiger partial charge in [0.05, 0.1) is 0 Å². The van der Waals surface area contributed by atoms with Crippen molar-refractivity contribution in [2.75, 3.05) is 47.9 Å². The number of amides is 1. The molecule has 1 aromatic heterocycles. The average molecular weight is 364 g/mol. The number of nitrogens with one attached hydrogen (secondary N) is 2. The van der Waals surface area contributed by atoms with Crippen molar-refractivity contribution in [2.24, 2.45) is 5.92 Å². The molecule has 2 fully saturated rings. The van der Waals surface area contributed by atoms with Gasteiger partial charge in [-0.25, -0.2) is 9.97 Å². The van der Waals surface area contributed by atoms with Crippen molar-refractivity contribution in [1.82, 2.24) is 15.3 Å². The third-order valence-electron chi connectivity index (χ3n) is 4.94. The van der Waals surface area contributed by atoms with Crippen molar-refractivity contribution < 1.29 is 4.79 Å². The minimum atomic E-state index is 0.183. The van der Waals surface area contributed by atoms with Crippen LogP contribution in [0.3, 0.4) is 0 Å². The molecule has 0 bridgehead atoms. The quantitative estimate of drug-likeness (QED) is 0.726. The van der Waals surface area contributed by atoms with Crippen molar-refractivity contribution in [1.29, 1.82) is 0 Å². The van der Waals surface area contributed by atoms with Crippen LogP contribution < -0.4 is 15.5 Å². The summed E-state index contributed by atoms with van der Waals surface area (Å²) < 4.78 is 0. The Morgan fingerprint density at radius 3 is 2.76 bits per heavy atom. The molecule has 1 aromatic rings. The minimum Gasteiger partial charge on any atom is -0.368 e. The summed E-state index contributed by atoms with van der Waals surface area (Å²) in [5, 5.41) is 6.31. The maximum Gasteiger partial charge on any atom is 0.220 e. The number of thioether (sulfide) groups is 1. The summed E-state index contributed by atoms with van der Waals surface area (Å²) in [7, 11) is 0. The Morgan fingerprint density at radius 2 is 1.96 bits per heavy atom. The van der Waals surface area contributed by atoms with Crippen LogP contribution in [0.5, 0.6) is 0 Å². The Hall–Kier alpha value is -1.50. The fourth-order valence-electron chi connectivity index (χ4n) is 3.53. The highest BCUT2D eigenvalue weighted by Crippen LogP contribution is 2.26. The summed E-state index contributed by atoms with van der Waals surface area (Å²) in [5.74, 6) is 4.89. The molecule has 1 amide bonds. The van der Waals surface area contributed by atoms with Gasteiger partial charge in [0.25, 0.3) is 0 Å². The lowest BCUT2D eigenvalue weighted by Crippen LogP contribution is -2.33. The number of carbonyl (C=O) groups is 1. The molecule has 7 heteroatoms. The summed E-state index contributed by atoms with van der Waals surface area (Å²) in [5.41, 5.74) is 0. The molecule has 2 heterocycles. The molecule has 3 rings (SSSR count). The van der Waals surface area contributed by atoms with Gasteiger partial charge in [0, 0.05) is 50.2 Å². The molecule has 0 radical (unpaired) electrons. The van der Waals surface area contributed by atoms with E-state index in [4.69, 9.17) is 0 Å². The number of aromatic nitrogens is 2. The Kier molecular flexibility index (Phi) is 7.21. The number of carbonyl (C=O) groups excluding carboxylic acids is 1. The zero-order chi connectivity index (χ0) is 17.3. The van der Waals surface area contributed by atoms with Gasteiger partial charge in [-0.2, -0.15) is 11.8 Å². The van der Waals surface area contributed by atoms with E-state index in [1.54, 1.807) is 6.33 Å². The van der Waals surface area contributed by atoms with Crippen LogP contribution in [-0.4, -0.2) is 53.6 Å². The van der Waals surface area contributed by atoms with Gasteiger partial charge in [0.1, 0.15) is 18.0 Å².